The van der Waals surface area contributed by atoms with Crippen molar-refractivity contribution >= 4 is 0 Å². The molecule has 60 valence electrons. The molecule has 0 aromatic rings. The van der Waals surface area contributed by atoms with Crippen molar-refractivity contribution in [2.24, 2.45) is 5.92 Å². The summed E-state index contributed by atoms with van der Waals surface area (Å²) in [7, 11) is 0. The third-order valence-corrected chi connectivity index (χ3v) is 1.48. The van der Waals surface area contributed by atoms with Gasteiger partial charge in [-0.2, -0.15) is 0 Å². The van der Waals surface area contributed by atoms with Gasteiger partial charge in [0.2, 0.25) is 0 Å². The Bertz CT molecular complexity index is 86.7. The summed E-state index contributed by atoms with van der Waals surface area (Å²) in [4.78, 5) is 0. The van der Waals surface area contributed by atoms with Crippen LogP contribution in [0.2, 0.25) is 0 Å². The summed E-state index contributed by atoms with van der Waals surface area (Å²) in [6.07, 6.45) is 7.90. The summed E-state index contributed by atoms with van der Waals surface area (Å²) >= 11 is 0. The van der Waals surface area contributed by atoms with E-state index in [1.165, 1.54) is 12.8 Å². The molecule has 0 aliphatic carbocycles. The Labute approximate surface area is 63.8 Å². The molecule has 1 heteroatoms. The molecular formula is C9H18O. The Balaban J connectivity index is 3.18. The third kappa shape index (κ3) is 5.83. The molecule has 0 aromatic carbocycles. The highest BCUT2D eigenvalue weighted by Gasteiger charge is 1.89. The minimum Gasteiger partial charge on any atom is -0.396 e. The van der Waals surface area contributed by atoms with Crippen LogP contribution in [-0.2, 0) is 0 Å². The van der Waals surface area contributed by atoms with E-state index in [2.05, 4.69) is 19.1 Å². The molecule has 0 fully saturated rings. The molecule has 10 heavy (non-hydrogen) atoms. The van der Waals surface area contributed by atoms with Gasteiger partial charge in [0.1, 0.15) is 0 Å². The zero-order chi connectivity index (χ0) is 7.82. The topological polar surface area (TPSA) is 20.2 Å². The lowest BCUT2D eigenvalue weighted by Crippen LogP contribution is -1.94. The molecule has 0 bridgehead atoms. The van der Waals surface area contributed by atoms with Crippen molar-refractivity contribution in [3.05, 3.63) is 12.2 Å². The van der Waals surface area contributed by atoms with E-state index in [1.807, 2.05) is 6.92 Å². The number of allylic oxidation sites excluding steroid dienone is 1. The molecule has 1 atom stereocenters. The molecule has 0 saturated carbocycles. The van der Waals surface area contributed by atoms with Crippen LogP contribution in [0, 0.1) is 5.92 Å². The molecule has 0 heterocycles. The molecule has 0 aliphatic heterocycles. The van der Waals surface area contributed by atoms with Crippen molar-refractivity contribution < 1.29 is 5.11 Å². The SMILES string of the molecule is CCCC/C=C\[C@H](C)CO. The fraction of sp³-hybridized carbons (Fsp3) is 0.778. The molecular weight excluding hydrogens is 124 g/mol. The second-order valence-corrected chi connectivity index (χ2v) is 2.73. The second-order valence-electron chi connectivity index (χ2n) is 2.73. The largest absolute Gasteiger partial charge is 0.396 e. The van der Waals surface area contributed by atoms with Gasteiger partial charge in [0, 0.05) is 6.61 Å². The Morgan fingerprint density at radius 2 is 2.20 bits per heavy atom. The lowest BCUT2D eigenvalue weighted by atomic mass is 10.1. The highest BCUT2D eigenvalue weighted by atomic mass is 16.3. The smallest absolute Gasteiger partial charge is 0.0491 e. The van der Waals surface area contributed by atoms with Crippen LogP contribution in [-0.4, -0.2) is 11.7 Å². The van der Waals surface area contributed by atoms with Crippen LogP contribution < -0.4 is 0 Å². The van der Waals surface area contributed by atoms with E-state index in [-0.39, 0.29) is 6.61 Å². The minimum absolute atomic E-state index is 0.266. The first kappa shape index (κ1) is 9.70. The molecule has 1 nitrogen and oxygen atoms in total. The molecule has 0 aliphatic rings. The maximum Gasteiger partial charge on any atom is 0.0491 e. The van der Waals surface area contributed by atoms with Crippen LogP contribution in [0.15, 0.2) is 12.2 Å². The molecule has 0 spiro atoms. The average Bonchev–Trinajstić information content (AvgIpc) is 1.98. The van der Waals surface area contributed by atoms with Crippen molar-refractivity contribution in [1.29, 1.82) is 0 Å². The van der Waals surface area contributed by atoms with Gasteiger partial charge in [-0.3, -0.25) is 0 Å². The van der Waals surface area contributed by atoms with Crippen LogP contribution in [0.4, 0.5) is 0 Å². The van der Waals surface area contributed by atoms with Gasteiger partial charge in [0.25, 0.3) is 0 Å². The molecule has 0 rings (SSSR count). The average molecular weight is 142 g/mol. The van der Waals surface area contributed by atoms with Crippen LogP contribution in [0.5, 0.6) is 0 Å². The standard InChI is InChI=1S/C9H18O/c1-3-4-5-6-7-9(2)8-10/h6-7,9-10H,3-5,8H2,1-2H3/b7-6-/t9-/m0/s1. The molecule has 0 unspecified atom stereocenters. The van der Waals surface area contributed by atoms with Gasteiger partial charge < -0.3 is 5.11 Å². The van der Waals surface area contributed by atoms with Crippen LogP contribution in [0.1, 0.15) is 33.1 Å². The lowest BCUT2D eigenvalue weighted by molar-refractivity contribution is 0.262. The van der Waals surface area contributed by atoms with Crippen molar-refractivity contribution in [3.8, 4) is 0 Å². The predicted molar refractivity (Wildman–Crippen MR) is 44.9 cm³/mol. The van der Waals surface area contributed by atoms with Gasteiger partial charge in [-0.25, -0.2) is 0 Å². The highest BCUT2D eigenvalue weighted by Crippen LogP contribution is 1.99. The van der Waals surface area contributed by atoms with Gasteiger partial charge in [0.05, 0.1) is 0 Å². The first-order valence-electron chi connectivity index (χ1n) is 4.08. The van der Waals surface area contributed by atoms with Crippen molar-refractivity contribution in [2.75, 3.05) is 6.61 Å². The Kier molecular flexibility index (Phi) is 6.61. The summed E-state index contributed by atoms with van der Waals surface area (Å²) in [5, 5.41) is 8.64. The Hall–Kier alpha value is -0.300. The maximum atomic E-state index is 8.64. The fourth-order valence-corrected chi connectivity index (χ4v) is 0.711. The van der Waals surface area contributed by atoms with Gasteiger partial charge in [-0.05, 0) is 12.3 Å². The number of hydrogen-bond acceptors (Lipinski definition) is 1. The van der Waals surface area contributed by atoms with E-state index in [4.69, 9.17) is 5.11 Å². The monoisotopic (exact) mass is 142 g/mol. The second kappa shape index (κ2) is 6.81. The number of aliphatic hydroxyl groups is 1. The number of aliphatic hydroxyl groups excluding tert-OH is 1. The Morgan fingerprint density at radius 3 is 2.70 bits per heavy atom. The minimum atomic E-state index is 0.266. The van der Waals surface area contributed by atoms with Gasteiger partial charge >= 0.3 is 0 Å². The van der Waals surface area contributed by atoms with E-state index in [0.717, 1.165) is 6.42 Å². The highest BCUT2D eigenvalue weighted by molar-refractivity contribution is 4.85. The Morgan fingerprint density at radius 1 is 1.50 bits per heavy atom. The van der Waals surface area contributed by atoms with Crippen molar-refractivity contribution in [2.45, 2.75) is 33.1 Å². The number of rotatable bonds is 5. The van der Waals surface area contributed by atoms with Gasteiger partial charge in [0.15, 0.2) is 0 Å². The summed E-state index contributed by atoms with van der Waals surface area (Å²) in [5.41, 5.74) is 0. The molecule has 1 N–H and O–H groups in total. The van der Waals surface area contributed by atoms with E-state index < -0.39 is 0 Å². The summed E-state index contributed by atoms with van der Waals surface area (Å²) in [6.45, 7) is 4.47. The quantitative estimate of drug-likeness (QED) is 0.461. The van der Waals surface area contributed by atoms with Crippen LogP contribution in [0.25, 0.3) is 0 Å². The van der Waals surface area contributed by atoms with Crippen LogP contribution >= 0.6 is 0 Å². The molecule has 0 saturated heterocycles. The lowest BCUT2D eigenvalue weighted by Gasteiger charge is -1.97. The van der Waals surface area contributed by atoms with Crippen LogP contribution in [0.3, 0.4) is 0 Å². The molecule has 0 amide bonds. The number of hydrogen-bond donors (Lipinski definition) is 1. The first-order valence-corrected chi connectivity index (χ1v) is 4.08. The van der Waals surface area contributed by atoms with Gasteiger partial charge in [-0.15, -0.1) is 0 Å². The third-order valence-electron chi connectivity index (χ3n) is 1.48. The van der Waals surface area contributed by atoms with Crippen molar-refractivity contribution in [1.82, 2.24) is 0 Å². The summed E-state index contributed by atoms with van der Waals surface area (Å²) < 4.78 is 0. The van der Waals surface area contributed by atoms with E-state index in [0.29, 0.717) is 5.92 Å². The van der Waals surface area contributed by atoms with Gasteiger partial charge in [-0.1, -0.05) is 38.8 Å². The van der Waals surface area contributed by atoms with Crippen molar-refractivity contribution in [3.63, 3.8) is 0 Å². The van der Waals surface area contributed by atoms with E-state index in [9.17, 15) is 0 Å². The maximum absolute atomic E-state index is 8.64. The van der Waals surface area contributed by atoms with E-state index >= 15 is 0 Å². The first-order chi connectivity index (χ1) is 4.81. The normalized spacial score (nSPS) is 14.3. The summed E-state index contributed by atoms with van der Waals surface area (Å²) in [5.74, 6) is 0.330. The molecule has 0 aromatic heterocycles. The number of unbranched alkanes of at least 4 members (excludes halogenated alkanes) is 2. The zero-order valence-electron chi connectivity index (χ0n) is 7.01. The predicted octanol–water partition coefficient (Wildman–Crippen LogP) is 2.36. The summed E-state index contributed by atoms with van der Waals surface area (Å²) in [6, 6.07) is 0. The fourth-order valence-electron chi connectivity index (χ4n) is 0.711. The van der Waals surface area contributed by atoms with E-state index in [1.54, 1.807) is 0 Å². The zero-order valence-corrected chi connectivity index (χ0v) is 7.01. The molecule has 0 radical (unpaired) electrons.